The number of ether oxygens (including phenoxy) is 2. The molecule has 0 radical (unpaired) electrons. The number of methoxy groups -OCH3 is 1. The summed E-state index contributed by atoms with van der Waals surface area (Å²) >= 11 is 0. The monoisotopic (exact) mass is 341 g/mol. The maximum Gasteiger partial charge on any atom is 0.243 e. The molecule has 23 heavy (non-hydrogen) atoms. The van der Waals surface area contributed by atoms with E-state index in [0.29, 0.717) is 43.7 Å². The van der Waals surface area contributed by atoms with E-state index in [2.05, 4.69) is 0 Å². The molecular weight excluding hydrogens is 314 g/mol. The Kier molecular flexibility index (Phi) is 6.59. The molecule has 1 aromatic rings. The van der Waals surface area contributed by atoms with E-state index in [1.165, 1.54) is 0 Å². The normalized spacial score (nSPS) is 17.5. The third kappa shape index (κ3) is 4.76. The summed E-state index contributed by atoms with van der Waals surface area (Å²) in [6.07, 6.45) is 1.69. The quantitative estimate of drug-likeness (QED) is 0.715. The second-order valence-electron chi connectivity index (χ2n) is 6.18. The zero-order valence-electron chi connectivity index (χ0n) is 14.2. The van der Waals surface area contributed by atoms with E-state index in [0.717, 1.165) is 24.0 Å². The van der Waals surface area contributed by atoms with Crippen molar-refractivity contribution in [1.29, 1.82) is 0 Å². The van der Waals surface area contributed by atoms with Crippen LogP contribution in [-0.4, -0.2) is 52.7 Å². The largest absolute Gasteiger partial charge is 0.382 e. The first-order valence-corrected chi connectivity index (χ1v) is 9.53. The molecule has 0 atom stereocenters. The van der Waals surface area contributed by atoms with Gasteiger partial charge in [0.1, 0.15) is 0 Å². The average molecular weight is 341 g/mol. The van der Waals surface area contributed by atoms with Crippen molar-refractivity contribution in [1.82, 2.24) is 4.31 Å². The van der Waals surface area contributed by atoms with Crippen LogP contribution < -0.4 is 0 Å². The van der Waals surface area contributed by atoms with Crippen molar-refractivity contribution in [2.24, 2.45) is 5.92 Å². The van der Waals surface area contributed by atoms with Crippen molar-refractivity contribution < 1.29 is 17.9 Å². The standard InChI is InChI=1S/C17H27NO4S/c1-14-4-5-15(2)17(12-14)23(19,20)18-8-6-16(7-9-18)13-22-11-10-21-3/h4-5,12,16H,6-11,13H2,1-3H3. The predicted octanol–water partition coefficient (Wildman–Crippen LogP) is 2.37. The van der Waals surface area contributed by atoms with Crippen molar-refractivity contribution in [3.8, 4) is 0 Å². The molecule has 0 N–H and O–H groups in total. The molecule has 1 saturated heterocycles. The second kappa shape index (κ2) is 8.24. The van der Waals surface area contributed by atoms with Gasteiger partial charge in [-0.05, 0) is 49.8 Å². The van der Waals surface area contributed by atoms with E-state index in [-0.39, 0.29) is 0 Å². The highest BCUT2D eigenvalue weighted by atomic mass is 32.2. The van der Waals surface area contributed by atoms with Gasteiger partial charge in [-0.25, -0.2) is 8.42 Å². The van der Waals surface area contributed by atoms with Gasteiger partial charge in [0.25, 0.3) is 0 Å². The van der Waals surface area contributed by atoms with Crippen LogP contribution in [0.4, 0.5) is 0 Å². The second-order valence-corrected chi connectivity index (χ2v) is 8.09. The molecule has 1 aliphatic heterocycles. The van der Waals surface area contributed by atoms with Crippen molar-refractivity contribution >= 4 is 10.0 Å². The molecule has 130 valence electrons. The lowest BCUT2D eigenvalue weighted by Crippen LogP contribution is -2.39. The molecule has 2 rings (SSSR count). The lowest BCUT2D eigenvalue weighted by Gasteiger charge is -2.31. The van der Waals surface area contributed by atoms with Crippen LogP contribution >= 0.6 is 0 Å². The molecule has 6 heteroatoms. The van der Waals surface area contributed by atoms with Gasteiger partial charge in [-0.2, -0.15) is 4.31 Å². The predicted molar refractivity (Wildman–Crippen MR) is 90.1 cm³/mol. The van der Waals surface area contributed by atoms with Crippen molar-refractivity contribution in [3.63, 3.8) is 0 Å². The number of benzene rings is 1. The first kappa shape index (κ1) is 18.4. The minimum atomic E-state index is -3.40. The zero-order valence-corrected chi connectivity index (χ0v) is 15.1. The first-order chi connectivity index (χ1) is 10.9. The third-order valence-corrected chi connectivity index (χ3v) is 6.36. The first-order valence-electron chi connectivity index (χ1n) is 8.09. The number of hydrogen-bond donors (Lipinski definition) is 0. The molecule has 1 fully saturated rings. The van der Waals surface area contributed by atoms with Crippen LogP contribution in [0.15, 0.2) is 23.1 Å². The summed E-state index contributed by atoms with van der Waals surface area (Å²) < 4.78 is 37.8. The minimum absolute atomic E-state index is 0.428. The summed E-state index contributed by atoms with van der Waals surface area (Å²) in [6.45, 7) is 6.77. The molecule has 0 spiro atoms. The molecule has 0 unspecified atom stereocenters. The van der Waals surface area contributed by atoms with Crippen molar-refractivity contribution in [2.45, 2.75) is 31.6 Å². The maximum atomic E-state index is 12.8. The number of hydrogen-bond acceptors (Lipinski definition) is 4. The fraction of sp³-hybridized carbons (Fsp3) is 0.647. The minimum Gasteiger partial charge on any atom is -0.382 e. The van der Waals surface area contributed by atoms with Gasteiger partial charge in [-0.15, -0.1) is 0 Å². The third-order valence-electron chi connectivity index (χ3n) is 4.32. The Labute approximate surface area is 139 Å². The van der Waals surface area contributed by atoms with Gasteiger partial charge in [0, 0.05) is 26.8 Å². The van der Waals surface area contributed by atoms with Gasteiger partial charge in [0.2, 0.25) is 10.0 Å². The fourth-order valence-electron chi connectivity index (χ4n) is 2.83. The van der Waals surface area contributed by atoms with Crippen molar-refractivity contribution in [2.75, 3.05) is 40.0 Å². The van der Waals surface area contributed by atoms with Gasteiger partial charge >= 0.3 is 0 Å². The Balaban J connectivity index is 1.95. The molecule has 0 aromatic heterocycles. The van der Waals surface area contributed by atoms with Gasteiger partial charge in [-0.3, -0.25) is 0 Å². The lowest BCUT2D eigenvalue weighted by molar-refractivity contribution is 0.0410. The molecule has 0 aliphatic carbocycles. The Morgan fingerprint density at radius 2 is 1.87 bits per heavy atom. The summed E-state index contributed by atoms with van der Waals surface area (Å²) in [5, 5.41) is 0. The van der Waals surface area contributed by atoms with E-state index >= 15 is 0 Å². The molecular formula is C17H27NO4S. The van der Waals surface area contributed by atoms with Gasteiger partial charge in [-0.1, -0.05) is 12.1 Å². The highest BCUT2D eigenvalue weighted by Gasteiger charge is 2.30. The van der Waals surface area contributed by atoms with Crippen LogP contribution in [0.1, 0.15) is 24.0 Å². The van der Waals surface area contributed by atoms with E-state index in [1.54, 1.807) is 17.5 Å². The summed E-state index contributed by atoms with van der Waals surface area (Å²) in [4.78, 5) is 0.437. The van der Waals surface area contributed by atoms with Gasteiger partial charge < -0.3 is 9.47 Å². The number of nitrogens with zero attached hydrogens (tertiary/aromatic N) is 1. The van der Waals surface area contributed by atoms with Crippen LogP contribution in [0.5, 0.6) is 0 Å². The van der Waals surface area contributed by atoms with Crippen molar-refractivity contribution in [3.05, 3.63) is 29.3 Å². The van der Waals surface area contributed by atoms with Gasteiger partial charge in [0.05, 0.1) is 18.1 Å². The van der Waals surface area contributed by atoms with Gasteiger partial charge in [0.15, 0.2) is 0 Å². The van der Waals surface area contributed by atoms with E-state index < -0.39 is 10.0 Å². The highest BCUT2D eigenvalue weighted by molar-refractivity contribution is 7.89. The van der Waals surface area contributed by atoms with E-state index in [1.807, 2.05) is 26.0 Å². The topological polar surface area (TPSA) is 55.8 Å². The Hall–Kier alpha value is -0.950. The summed E-state index contributed by atoms with van der Waals surface area (Å²) in [7, 11) is -1.74. The van der Waals surface area contributed by atoms with Crippen LogP contribution in [0.25, 0.3) is 0 Å². The van der Waals surface area contributed by atoms with Crippen LogP contribution in [0.2, 0.25) is 0 Å². The molecule has 1 aromatic carbocycles. The van der Waals surface area contributed by atoms with Crippen LogP contribution in [-0.2, 0) is 19.5 Å². The summed E-state index contributed by atoms with van der Waals surface area (Å²) in [6, 6.07) is 5.58. The molecule has 0 bridgehead atoms. The smallest absolute Gasteiger partial charge is 0.243 e. The average Bonchev–Trinajstić information content (AvgIpc) is 2.54. The van der Waals surface area contributed by atoms with Crippen LogP contribution in [0.3, 0.4) is 0 Å². The molecule has 0 amide bonds. The Bertz CT molecular complexity index is 607. The fourth-order valence-corrected chi connectivity index (χ4v) is 4.61. The highest BCUT2D eigenvalue weighted by Crippen LogP contribution is 2.26. The molecule has 1 aliphatic rings. The zero-order chi connectivity index (χ0) is 16.9. The SMILES string of the molecule is COCCOCC1CCN(S(=O)(=O)c2cc(C)ccc2C)CC1. The number of rotatable bonds is 7. The molecule has 0 saturated carbocycles. The Morgan fingerprint density at radius 3 is 2.52 bits per heavy atom. The number of aryl methyl sites for hydroxylation is 2. The Morgan fingerprint density at radius 1 is 1.17 bits per heavy atom. The lowest BCUT2D eigenvalue weighted by atomic mass is 9.99. The van der Waals surface area contributed by atoms with E-state index in [4.69, 9.17) is 9.47 Å². The number of sulfonamides is 1. The van der Waals surface area contributed by atoms with Crippen LogP contribution in [0, 0.1) is 19.8 Å². The molecule has 5 nitrogen and oxygen atoms in total. The van der Waals surface area contributed by atoms with E-state index in [9.17, 15) is 8.42 Å². The molecule has 1 heterocycles. The maximum absolute atomic E-state index is 12.8. The number of piperidine rings is 1. The summed E-state index contributed by atoms with van der Waals surface area (Å²) in [5.74, 6) is 0.428. The summed E-state index contributed by atoms with van der Waals surface area (Å²) in [5.41, 5.74) is 1.77.